The van der Waals surface area contributed by atoms with Crippen LogP contribution in [-0.4, -0.2) is 55.1 Å². The van der Waals surface area contributed by atoms with E-state index in [2.05, 4.69) is 0 Å². The number of carbonyl (C=O) groups excluding carboxylic acids is 2. The highest BCUT2D eigenvalue weighted by molar-refractivity contribution is 6.07. The molecular formula is C19H24N2O5. The predicted octanol–water partition coefficient (Wildman–Crippen LogP) is 2.45. The van der Waals surface area contributed by atoms with Gasteiger partial charge in [0.2, 0.25) is 0 Å². The minimum atomic E-state index is -1.36. The molecule has 0 aliphatic carbocycles. The van der Waals surface area contributed by atoms with Crippen LogP contribution in [0.15, 0.2) is 36.0 Å². The van der Waals surface area contributed by atoms with Crippen LogP contribution in [0.1, 0.15) is 18.4 Å². The molecule has 0 radical (unpaired) electrons. The second-order valence-corrected chi connectivity index (χ2v) is 6.39. The summed E-state index contributed by atoms with van der Waals surface area (Å²) in [5, 5.41) is 9.12. The van der Waals surface area contributed by atoms with E-state index < -0.39 is 11.5 Å². The van der Waals surface area contributed by atoms with Crippen LogP contribution in [0.4, 0.5) is 10.5 Å². The van der Waals surface area contributed by atoms with E-state index in [1.165, 1.54) is 9.80 Å². The number of anilines is 1. The van der Waals surface area contributed by atoms with Crippen molar-refractivity contribution in [3.63, 3.8) is 0 Å². The zero-order valence-corrected chi connectivity index (χ0v) is 15.1. The highest BCUT2D eigenvalue weighted by Crippen LogP contribution is 2.20. The molecule has 7 nitrogen and oxygen atoms in total. The van der Waals surface area contributed by atoms with Crippen molar-refractivity contribution in [1.82, 2.24) is 4.90 Å². The number of aliphatic carboxylic acids is 1. The Morgan fingerprint density at radius 3 is 2.38 bits per heavy atom. The van der Waals surface area contributed by atoms with E-state index in [-0.39, 0.29) is 18.2 Å². The molecule has 1 fully saturated rings. The molecule has 0 aromatic heterocycles. The molecule has 1 aromatic rings. The summed E-state index contributed by atoms with van der Waals surface area (Å²) >= 11 is 0. The van der Waals surface area contributed by atoms with E-state index in [9.17, 15) is 14.4 Å². The van der Waals surface area contributed by atoms with Crippen molar-refractivity contribution in [2.75, 3.05) is 31.7 Å². The van der Waals surface area contributed by atoms with Crippen molar-refractivity contribution < 1.29 is 24.2 Å². The van der Waals surface area contributed by atoms with E-state index in [1.54, 1.807) is 7.05 Å². The summed E-state index contributed by atoms with van der Waals surface area (Å²) in [7, 11) is 1.62. The molecule has 2 amide bonds. The molecule has 140 valence electrons. The lowest BCUT2D eigenvalue weighted by molar-refractivity contribution is -0.133. The van der Waals surface area contributed by atoms with Gasteiger partial charge < -0.3 is 9.84 Å². The molecule has 0 saturated carbocycles. The number of benzene rings is 1. The number of nitrogens with zero attached hydrogens (tertiary/aromatic N) is 2. The summed E-state index contributed by atoms with van der Waals surface area (Å²) in [5.41, 5.74) is 1.30. The molecule has 0 bridgehead atoms. The maximum absolute atomic E-state index is 12.9. The van der Waals surface area contributed by atoms with Gasteiger partial charge in [0.1, 0.15) is 5.57 Å². The van der Waals surface area contributed by atoms with Gasteiger partial charge in [0.15, 0.2) is 6.29 Å². The molecule has 1 aliphatic rings. The van der Waals surface area contributed by atoms with Crippen LogP contribution < -0.4 is 4.90 Å². The lowest BCUT2D eigenvalue weighted by Gasteiger charge is -2.31. The Morgan fingerprint density at radius 1 is 1.23 bits per heavy atom. The maximum atomic E-state index is 12.9. The van der Waals surface area contributed by atoms with E-state index in [0.717, 1.165) is 24.6 Å². The number of carbonyl (C=O) groups is 3. The van der Waals surface area contributed by atoms with Crippen molar-refractivity contribution in [2.45, 2.75) is 19.8 Å². The van der Waals surface area contributed by atoms with Crippen LogP contribution in [0.5, 0.6) is 0 Å². The standard InChI is InChI=1S/C19H24N2O5/c1-14-3-5-17(6-4-14)20(2)19(25)21(12-16(13-22)18(23)24)11-15-7-9-26-10-8-15/h3-6,12-13,15H,7-11H2,1-2H3,(H,23,24)/b16-12+. The average Bonchev–Trinajstić information content (AvgIpc) is 2.65. The molecule has 7 heteroatoms. The Hall–Kier alpha value is -2.67. The second-order valence-electron chi connectivity index (χ2n) is 6.39. The Balaban J connectivity index is 2.25. The Bertz CT molecular complexity index is 678. The smallest absolute Gasteiger partial charge is 0.340 e. The first-order valence-corrected chi connectivity index (χ1v) is 8.51. The predicted molar refractivity (Wildman–Crippen MR) is 97.0 cm³/mol. The van der Waals surface area contributed by atoms with Crippen molar-refractivity contribution in [3.8, 4) is 0 Å². The zero-order valence-electron chi connectivity index (χ0n) is 15.1. The van der Waals surface area contributed by atoms with Gasteiger partial charge in [-0.15, -0.1) is 0 Å². The van der Waals surface area contributed by atoms with Crippen molar-refractivity contribution in [2.24, 2.45) is 5.92 Å². The largest absolute Gasteiger partial charge is 0.478 e. The fourth-order valence-corrected chi connectivity index (χ4v) is 2.77. The number of hydrogen-bond donors (Lipinski definition) is 1. The van der Waals surface area contributed by atoms with Gasteiger partial charge >= 0.3 is 12.0 Å². The quantitative estimate of drug-likeness (QED) is 0.364. The molecule has 1 saturated heterocycles. The van der Waals surface area contributed by atoms with Crippen molar-refractivity contribution in [1.29, 1.82) is 0 Å². The third kappa shape index (κ3) is 5.16. The third-order valence-corrected chi connectivity index (χ3v) is 4.42. The number of ether oxygens (including phenoxy) is 1. The molecule has 0 spiro atoms. The second kappa shape index (κ2) is 9.15. The number of aryl methyl sites for hydroxylation is 1. The van der Waals surface area contributed by atoms with Crippen molar-refractivity contribution >= 4 is 24.0 Å². The number of urea groups is 1. The third-order valence-electron chi connectivity index (χ3n) is 4.42. The SMILES string of the molecule is Cc1ccc(N(C)C(=O)N(/C=C(\C=O)C(=O)O)CC2CCOCC2)cc1. The van der Waals surface area contributed by atoms with Crippen LogP contribution in [0, 0.1) is 12.8 Å². The summed E-state index contributed by atoms with van der Waals surface area (Å²) in [6.45, 7) is 3.52. The van der Waals surface area contributed by atoms with Crippen LogP contribution in [0.3, 0.4) is 0 Å². The van der Waals surface area contributed by atoms with Crippen molar-refractivity contribution in [3.05, 3.63) is 41.6 Å². The first-order valence-electron chi connectivity index (χ1n) is 8.51. The first kappa shape index (κ1) is 19.7. The van der Waals surface area contributed by atoms with Gasteiger partial charge in [-0.2, -0.15) is 0 Å². The topological polar surface area (TPSA) is 87.2 Å². The van der Waals surface area contributed by atoms with Gasteiger partial charge in [0.05, 0.1) is 0 Å². The van der Waals surface area contributed by atoms with E-state index >= 15 is 0 Å². The molecule has 1 N–H and O–H groups in total. The van der Waals surface area contributed by atoms with E-state index in [4.69, 9.17) is 9.84 Å². The minimum Gasteiger partial charge on any atom is -0.478 e. The van der Waals surface area contributed by atoms with Gasteiger partial charge in [0.25, 0.3) is 0 Å². The molecule has 26 heavy (non-hydrogen) atoms. The van der Waals surface area contributed by atoms with Crippen LogP contribution in [0.2, 0.25) is 0 Å². The summed E-state index contributed by atoms with van der Waals surface area (Å²) < 4.78 is 5.33. The molecule has 1 heterocycles. The highest BCUT2D eigenvalue weighted by Gasteiger charge is 2.24. The van der Waals surface area contributed by atoms with E-state index in [0.29, 0.717) is 25.4 Å². The average molecular weight is 360 g/mol. The minimum absolute atomic E-state index is 0.192. The Labute approximate surface area is 152 Å². The Kier molecular flexibility index (Phi) is 6.91. The summed E-state index contributed by atoms with van der Waals surface area (Å²) in [4.78, 5) is 37.9. The number of hydrogen-bond acceptors (Lipinski definition) is 4. The van der Waals surface area contributed by atoms with Gasteiger partial charge in [-0.25, -0.2) is 9.59 Å². The lowest BCUT2D eigenvalue weighted by Crippen LogP contribution is -2.42. The monoisotopic (exact) mass is 360 g/mol. The summed E-state index contributed by atoms with van der Waals surface area (Å²) in [5.74, 6) is -1.17. The Morgan fingerprint density at radius 2 is 1.85 bits per heavy atom. The molecule has 2 rings (SSSR count). The number of aldehydes is 1. The van der Waals surface area contributed by atoms with Crippen LogP contribution in [0.25, 0.3) is 0 Å². The van der Waals surface area contributed by atoms with E-state index in [1.807, 2.05) is 31.2 Å². The zero-order chi connectivity index (χ0) is 19.1. The molecule has 1 aromatic carbocycles. The maximum Gasteiger partial charge on any atom is 0.340 e. The van der Waals surface area contributed by atoms with Gasteiger partial charge in [-0.05, 0) is 37.8 Å². The van der Waals surface area contributed by atoms with Gasteiger partial charge in [-0.1, -0.05) is 17.7 Å². The molecule has 1 aliphatic heterocycles. The molecule has 0 atom stereocenters. The normalized spacial score (nSPS) is 15.4. The van der Waals surface area contributed by atoms with Gasteiger partial charge in [0, 0.05) is 38.7 Å². The molecule has 0 unspecified atom stereocenters. The number of rotatable bonds is 6. The fraction of sp³-hybridized carbons (Fsp3) is 0.421. The highest BCUT2D eigenvalue weighted by atomic mass is 16.5. The number of amides is 2. The first-order chi connectivity index (χ1) is 12.4. The molecular weight excluding hydrogens is 336 g/mol. The fourth-order valence-electron chi connectivity index (χ4n) is 2.77. The number of carboxylic acid groups (broad SMARTS) is 1. The summed E-state index contributed by atoms with van der Waals surface area (Å²) in [6.07, 6.45) is 2.95. The van der Waals surface area contributed by atoms with Crippen LogP contribution >= 0.6 is 0 Å². The summed E-state index contributed by atoms with van der Waals surface area (Å²) in [6, 6.07) is 7.04. The number of carboxylic acids is 1. The van der Waals surface area contributed by atoms with Crippen LogP contribution in [-0.2, 0) is 14.3 Å². The van der Waals surface area contributed by atoms with Gasteiger partial charge in [-0.3, -0.25) is 14.6 Å². The lowest BCUT2D eigenvalue weighted by atomic mass is 10.00.